The first kappa shape index (κ1) is 24.0. The van der Waals surface area contributed by atoms with Gasteiger partial charge in [-0.25, -0.2) is 9.37 Å². The summed E-state index contributed by atoms with van der Waals surface area (Å²) in [6, 6.07) is 9.48. The van der Waals surface area contributed by atoms with Crippen LogP contribution in [0.15, 0.2) is 36.4 Å². The van der Waals surface area contributed by atoms with Gasteiger partial charge in [0.25, 0.3) is 0 Å². The van der Waals surface area contributed by atoms with E-state index in [1.54, 1.807) is 30.3 Å². The molecule has 0 saturated carbocycles. The highest BCUT2D eigenvalue weighted by Crippen LogP contribution is 2.32. The minimum absolute atomic E-state index is 0.106. The number of amides is 1. The van der Waals surface area contributed by atoms with Crippen molar-refractivity contribution in [3.63, 3.8) is 0 Å². The maximum absolute atomic E-state index is 14.4. The molecule has 176 valence electrons. The molecule has 33 heavy (non-hydrogen) atoms. The summed E-state index contributed by atoms with van der Waals surface area (Å²) in [5, 5.41) is 3.82. The molecule has 1 amide bonds. The average Bonchev–Trinajstić information content (AvgIpc) is 3.13. The van der Waals surface area contributed by atoms with E-state index in [2.05, 4.69) is 10.2 Å². The van der Waals surface area contributed by atoms with Crippen LogP contribution in [0.3, 0.4) is 0 Å². The minimum Gasteiger partial charge on any atom is -0.379 e. The summed E-state index contributed by atoms with van der Waals surface area (Å²) in [6.45, 7) is 6.42. The molecule has 1 saturated heterocycles. The van der Waals surface area contributed by atoms with E-state index in [1.807, 2.05) is 11.5 Å². The molecule has 1 atom stereocenters. The van der Waals surface area contributed by atoms with Crippen molar-refractivity contribution in [1.29, 1.82) is 0 Å². The SMILES string of the molecule is CCC(C(=O)NCCN1CCOCC1)n1c(Cc2ccccc2F)nc2cc(Cl)c(Cl)cc21. The molecule has 2 heterocycles. The predicted molar refractivity (Wildman–Crippen MR) is 129 cm³/mol. The molecule has 4 rings (SSSR count). The predicted octanol–water partition coefficient (Wildman–Crippen LogP) is 4.47. The second kappa shape index (κ2) is 10.8. The summed E-state index contributed by atoms with van der Waals surface area (Å²) < 4.78 is 21.6. The van der Waals surface area contributed by atoms with E-state index in [4.69, 9.17) is 32.9 Å². The smallest absolute Gasteiger partial charge is 0.243 e. The summed E-state index contributed by atoms with van der Waals surface area (Å²) in [6.07, 6.45) is 0.785. The average molecular weight is 493 g/mol. The van der Waals surface area contributed by atoms with Crippen LogP contribution in [0, 0.1) is 5.82 Å². The van der Waals surface area contributed by atoms with Crippen LogP contribution in [0.25, 0.3) is 11.0 Å². The standard InChI is InChI=1S/C24H27Cl2FN4O2/c1-2-21(24(32)28-7-8-30-9-11-33-12-10-30)31-22-15-18(26)17(25)14-20(22)29-23(31)13-16-5-3-4-6-19(16)27/h3-6,14-15,21H,2,7-13H2,1H3,(H,28,32). The Morgan fingerprint density at radius 2 is 1.94 bits per heavy atom. The number of halogens is 3. The second-order valence-corrected chi connectivity index (χ2v) is 8.90. The van der Waals surface area contributed by atoms with E-state index < -0.39 is 6.04 Å². The number of nitrogens with zero attached hydrogens (tertiary/aromatic N) is 3. The Balaban J connectivity index is 1.63. The Morgan fingerprint density at radius 3 is 2.67 bits per heavy atom. The van der Waals surface area contributed by atoms with Crippen molar-refractivity contribution in [2.45, 2.75) is 25.8 Å². The molecular weight excluding hydrogens is 466 g/mol. The number of ether oxygens (including phenoxy) is 1. The quantitative estimate of drug-likeness (QED) is 0.503. The molecule has 1 aliphatic heterocycles. The fourth-order valence-electron chi connectivity index (χ4n) is 4.19. The number of benzene rings is 2. The first-order valence-electron chi connectivity index (χ1n) is 11.1. The lowest BCUT2D eigenvalue weighted by Crippen LogP contribution is -2.42. The highest BCUT2D eigenvalue weighted by molar-refractivity contribution is 6.42. The third-order valence-electron chi connectivity index (χ3n) is 5.94. The Morgan fingerprint density at radius 1 is 1.21 bits per heavy atom. The molecule has 0 radical (unpaired) electrons. The zero-order valence-electron chi connectivity index (χ0n) is 18.5. The molecule has 0 aliphatic carbocycles. The Labute approximate surface area is 202 Å². The van der Waals surface area contributed by atoms with E-state index in [0.29, 0.717) is 45.4 Å². The lowest BCUT2D eigenvalue weighted by atomic mass is 10.1. The molecule has 9 heteroatoms. The van der Waals surface area contributed by atoms with E-state index in [1.165, 1.54) is 6.07 Å². The number of aromatic nitrogens is 2. The summed E-state index contributed by atoms with van der Waals surface area (Å²) in [5.74, 6) is 0.171. The van der Waals surface area contributed by atoms with Gasteiger partial charge < -0.3 is 14.6 Å². The monoisotopic (exact) mass is 492 g/mol. The Hall–Kier alpha value is -2.19. The summed E-state index contributed by atoms with van der Waals surface area (Å²) in [7, 11) is 0. The van der Waals surface area contributed by atoms with Crippen LogP contribution in [0.4, 0.5) is 4.39 Å². The maximum atomic E-state index is 14.4. The van der Waals surface area contributed by atoms with Crippen LogP contribution < -0.4 is 5.32 Å². The highest BCUT2D eigenvalue weighted by Gasteiger charge is 2.25. The number of fused-ring (bicyclic) bond motifs is 1. The van der Waals surface area contributed by atoms with Crippen molar-refractivity contribution in [1.82, 2.24) is 19.8 Å². The topological polar surface area (TPSA) is 59.4 Å². The van der Waals surface area contributed by atoms with Crippen molar-refractivity contribution in [3.8, 4) is 0 Å². The summed E-state index contributed by atoms with van der Waals surface area (Å²) in [4.78, 5) is 20.2. The van der Waals surface area contributed by atoms with Gasteiger partial charge in [-0.1, -0.05) is 48.3 Å². The van der Waals surface area contributed by atoms with Crippen molar-refractivity contribution in [2.24, 2.45) is 0 Å². The molecule has 6 nitrogen and oxygen atoms in total. The third kappa shape index (κ3) is 5.49. The molecule has 1 fully saturated rings. The van der Waals surface area contributed by atoms with Crippen LogP contribution in [0.5, 0.6) is 0 Å². The van der Waals surface area contributed by atoms with E-state index in [9.17, 15) is 9.18 Å². The number of nitrogens with one attached hydrogen (secondary N) is 1. The molecule has 1 aliphatic rings. The second-order valence-electron chi connectivity index (χ2n) is 8.09. The maximum Gasteiger partial charge on any atom is 0.243 e. The van der Waals surface area contributed by atoms with Crippen molar-refractivity contribution >= 4 is 40.1 Å². The van der Waals surface area contributed by atoms with Crippen molar-refractivity contribution in [3.05, 3.63) is 63.6 Å². The Kier molecular flexibility index (Phi) is 7.86. The number of rotatable bonds is 8. The summed E-state index contributed by atoms with van der Waals surface area (Å²) >= 11 is 12.5. The molecule has 3 aromatic rings. The molecule has 0 bridgehead atoms. The molecule has 1 N–H and O–H groups in total. The molecular formula is C24H27Cl2FN4O2. The highest BCUT2D eigenvalue weighted by atomic mass is 35.5. The first-order valence-corrected chi connectivity index (χ1v) is 11.9. The number of imidazole rings is 1. The van der Waals surface area contributed by atoms with Gasteiger partial charge in [0.15, 0.2) is 0 Å². The number of carbonyl (C=O) groups excluding carboxylic acids is 1. The van der Waals surface area contributed by atoms with Gasteiger partial charge >= 0.3 is 0 Å². The van der Waals surface area contributed by atoms with Crippen LogP contribution in [-0.4, -0.2) is 59.8 Å². The van der Waals surface area contributed by atoms with Gasteiger partial charge in [0.05, 0.1) is 34.3 Å². The lowest BCUT2D eigenvalue weighted by Gasteiger charge is -2.27. The zero-order valence-corrected chi connectivity index (χ0v) is 20.0. The number of hydrogen-bond donors (Lipinski definition) is 1. The lowest BCUT2D eigenvalue weighted by molar-refractivity contribution is -0.124. The molecule has 2 aromatic carbocycles. The van der Waals surface area contributed by atoms with Crippen molar-refractivity contribution in [2.75, 3.05) is 39.4 Å². The van der Waals surface area contributed by atoms with Gasteiger partial charge in [-0.05, 0) is 30.2 Å². The van der Waals surface area contributed by atoms with Gasteiger partial charge in [0.2, 0.25) is 5.91 Å². The first-order chi connectivity index (χ1) is 16.0. The fourth-order valence-corrected chi connectivity index (χ4v) is 4.51. The Bertz CT molecular complexity index is 1130. The summed E-state index contributed by atoms with van der Waals surface area (Å²) in [5.41, 5.74) is 1.83. The van der Waals surface area contributed by atoms with Crippen molar-refractivity contribution < 1.29 is 13.9 Å². The molecule has 1 aromatic heterocycles. The van der Waals surface area contributed by atoms with Gasteiger partial charge in [-0.3, -0.25) is 9.69 Å². The normalized spacial score (nSPS) is 15.6. The number of morpholine rings is 1. The van der Waals surface area contributed by atoms with E-state index in [0.717, 1.165) is 32.8 Å². The molecule has 1 unspecified atom stereocenters. The van der Waals surface area contributed by atoms with Crippen LogP contribution in [0.2, 0.25) is 10.0 Å². The zero-order chi connectivity index (χ0) is 23.4. The molecule has 0 spiro atoms. The fraction of sp³-hybridized carbons (Fsp3) is 0.417. The van der Waals surface area contributed by atoms with Crippen LogP contribution >= 0.6 is 23.2 Å². The third-order valence-corrected chi connectivity index (χ3v) is 6.67. The van der Waals surface area contributed by atoms with Crippen LogP contribution in [-0.2, 0) is 16.0 Å². The number of carbonyl (C=O) groups is 1. The largest absolute Gasteiger partial charge is 0.379 e. The van der Waals surface area contributed by atoms with Gasteiger partial charge in [0.1, 0.15) is 17.7 Å². The van der Waals surface area contributed by atoms with Gasteiger partial charge in [-0.15, -0.1) is 0 Å². The van der Waals surface area contributed by atoms with E-state index in [-0.39, 0.29) is 18.1 Å². The van der Waals surface area contributed by atoms with E-state index >= 15 is 0 Å². The minimum atomic E-state index is -0.515. The van der Waals surface area contributed by atoms with Gasteiger partial charge in [-0.2, -0.15) is 0 Å². The number of hydrogen-bond acceptors (Lipinski definition) is 4. The van der Waals surface area contributed by atoms with Gasteiger partial charge in [0, 0.05) is 32.6 Å². The van der Waals surface area contributed by atoms with Crippen LogP contribution in [0.1, 0.15) is 30.8 Å².